The number of ether oxygens (including phenoxy) is 1. The average Bonchev–Trinajstić information content (AvgIpc) is 3.31. The van der Waals surface area contributed by atoms with Crippen LogP contribution >= 0.6 is 0 Å². The zero-order valence-corrected chi connectivity index (χ0v) is 18.9. The zero-order chi connectivity index (χ0) is 22.2. The van der Waals surface area contributed by atoms with Gasteiger partial charge < -0.3 is 19.9 Å². The standard InChI is InChI=1S/C23H35N5O3/c1-4-5-14-31-15-8-11-24-21(29)19(16-17(2)3)26-23(30)28-13-12-27-20-10-7-6-9-18(20)25-22(27)28/h6-7,9-10,17,19H,4-5,8,11-16H2,1-3H3,(H,24,29)(H,26,30). The van der Waals surface area contributed by atoms with Gasteiger partial charge in [0, 0.05) is 32.8 Å². The number of carbonyl (C=O) groups excluding carboxylic acids is 2. The number of hydrogen-bond donors (Lipinski definition) is 2. The molecule has 3 amide bonds. The summed E-state index contributed by atoms with van der Waals surface area (Å²) >= 11 is 0. The molecule has 0 saturated carbocycles. The Labute approximate surface area is 184 Å². The van der Waals surface area contributed by atoms with Crippen LogP contribution in [0, 0.1) is 5.92 Å². The summed E-state index contributed by atoms with van der Waals surface area (Å²) < 4.78 is 7.58. The normalized spacial score (nSPS) is 14.1. The summed E-state index contributed by atoms with van der Waals surface area (Å²) in [5.41, 5.74) is 1.89. The minimum Gasteiger partial charge on any atom is -0.381 e. The molecular weight excluding hydrogens is 394 g/mol. The number of imidazole rings is 1. The van der Waals surface area contributed by atoms with E-state index in [4.69, 9.17) is 4.74 Å². The third kappa shape index (κ3) is 5.97. The Balaban J connectivity index is 1.56. The molecule has 0 radical (unpaired) electrons. The molecule has 8 nitrogen and oxygen atoms in total. The summed E-state index contributed by atoms with van der Waals surface area (Å²) in [4.78, 5) is 32.0. The van der Waals surface area contributed by atoms with Crippen molar-refractivity contribution in [2.75, 3.05) is 31.2 Å². The van der Waals surface area contributed by atoms with Crippen molar-refractivity contribution in [1.82, 2.24) is 20.2 Å². The second-order valence-electron chi connectivity index (χ2n) is 8.45. The maximum absolute atomic E-state index is 13.0. The maximum atomic E-state index is 13.0. The molecule has 0 bridgehead atoms. The molecule has 0 fully saturated rings. The molecule has 0 saturated heterocycles. The topological polar surface area (TPSA) is 88.5 Å². The first kappa shape index (κ1) is 23.1. The van der Waals surface area contributed by atoms with Crippen LogP contribution in [0.15, 0.2) is 24.3 Å². The number of unbranched alkanes of at least 4 members (excludes halogenated alkanes) is 1. The van der Waals surface area contributed by atoms with Crippen LogP contribution in [-0.4, -0.2) is 53.8 Å². The van der Waals surface area contributed by atoms with Gasteiger partial charge in [-0.15, -0.1) is 0 Å². The second kappa shape index (κ2) is 11.1. The van der Waals surface area contributed by atoms with Crippen molar-refractivity contribution >= 4 is 28.9 Å². The summed E-state index contributed by atoms with van der Waals surface area (Å²) in [7, 11) is 0. The number of hydrogen-bond acceptors (Lipinski definition) is 4. The lowest BCUT2D eigenvalue weighted by atomic mass is 10.0. The largest absolute Gasteiger partial charge is 0.381 e. The monoisotopic (exact) mass is 429 g/mol. The summed E-state index contributed by atoms with van der Waals surface area (Å²) in [5.74, 6) is 0.756. The van der Waals surface area contributed by atoms with E-state index in [1.165, 1.54) is 0 Å². The first-order valence-electron chi connectivity index (χ1n) is 11.4. The highest BCUT2D eigenvalue weighted by Crippen LogP contribution is 2.27. The molecule has 1 atom stereocenters. The van der Waals surface area contributed by atoms with Gasteiger partial charge in [0.2, 0.25) is 11.9 Å². The molecule has 8 heteroatoms. The van der Waals surface area contributed by atoms with E-state index >= 15 is 0 Å². The lowest BCUT2D eigenvalue weighted by Gasteiger charge is -2.23. The lowest BCUT2D eigenvalue weighted by molar-refractivity contribution is -0.123. The van der Waals surface area contributed by atoms with Crippen LogP contribution in [-0.2, 0) is 16.1 Å². The molecule has 3 rings (SSSR count). The molecule has 170 valence electrons. The van der Waals surface area contributed by atoms with Crippen molar-refractivity contribution in [2.24, 2.45) is 5.92 Å². The number of para-hydroxylation sites is 2. The fraction of sp³-hybridized carbons (Fsp3) is 0.609. The van der Waals surface area contributed by atoms with E-state index in [0.29, 0.717) is 38.6 Å². The van der Waals surface area contributed by atoms with Gasteiger partial charge in [-0.1, -0.05) is 39.3 Å². The fourth-order valence-electron chi connectivity index (χ4n) is 3.77. The second-order valence-corrected chi connectivity index (χ2v) is 8.45. The summed E-state index contributed by atoms with van der Waals surface area (Å²) in [6, 6.07) is 7.00. The van der Waals surface area contributed by atoms with E-state index in [2.05, 4.69) is 22.5 Å². The van der Waals surface area contributed by atoms with Crippen LogP contribution in [0.4, 0.5) is 10.7 Å². The number of aromatic nitrogens is 2. The Kier molecular flexibility index (Phi) is 8.28. The van der Waals surface area contributed by atoms with E-state index in [-0.39, 0.29) is 17.9 Å². The Morgan fingerprint density at radius 3 is 2.71 bits per heavy atom. The van der Waals surface area contributed by atoms with Crippen molar-refractivity contribution in [3.8, 4) is 0 Å². The molecule has 1 aromatic heterocycles. The number of nitrogens with one attached hydrogen (secondary N) is 2. The molecule has 1 aliphatic rings. The highest BCUT2D eigenvalue weighted by atomic mass is 16.5. The smallest absolute Gasteiger partial charge is 0.324 e. The average molecular weight is 430 g/mol. The Morgan fingerprint density at radius 2 is 1.94 bits per heavy atom. The summed E-state index contributed by atoms with van der Waals surface area (Å²) in [6.45, 7) is 9.39. The molecule has 0 aliphatic carbocycles. The van der Waals surface area contributed by atoms with Gasteiger partial charge in [-0.25, -0.2) is 9.78 Å². The zero-order valence-electron chi connectivity index (χ0n) is 18.9. The van der Waals surface area contributed by atoms with Gasteiger partial charge in [-0.2, -0.15) is 0 Å². The van der Waals surface area contributed by atoms with E-state index in [0.717, 1.165) is 36.9 Å². The van der Waals surface area contributed by atoms with Crippen molar-refractivity contribution in [2.45, 2.75) is 59.0 Å². The third-order valence-corrected chi connectivity index (χ3v) is 5.40. The van der Waals surface area contributed by atoms with Gasteiger partial charge in [0.1, 0.15) is 6.04 Å². The van der Waals surface area contributed by atoms with Crippen LogP contribution in [0.5, 0.6) is 0 Å². The number of amides is 3. The van der Waals surface area contributed by atoms with Crippen molar-refractivity contribution in [3.63, 3.8) is 0 Å². The van der Waals surface area contributed by atoms with E-state index in [9.17, 15) is 9.59 Å². The molecular formula is C23H35N5O3. The van der Waals surface area contributed by atoms with Crippen molar-refractivity contribution in [1.29, 1.82) is 0 Å². The highest BCUT2D eigenvalue weighted by Gasteiger charge is 2.31. The van der Waals surface area contributed by atoms with Crippen LogP contribution in [0.25, 0.3) is 11.0 Å². The van der Waals surface area contributed by atoms with Crippen LogP contribution < -0.4 is 15.5 Å². The van der Waals surface area contributed by atoms with Gasteiger partial charge in [0.25, 0.3) is 0 Å². The molecule has 31 heavy (non-hydrogen) atoms. The Hall–Kier alpha value is -2.61. The predicted octanol–water partition coefficient (Wildman–Crippen LogP) is 3.30. The van der Waals surface area contributed by atoms with E-state index < -0.39 is 6.04 Å². The maximum Gasteiger partial charge on any atom is 0.324 e. The Bertz CT molecular complexity index is 879. The predicted molar refractivity (Wildman–Crippen MR) is 122 cm³/mol. The quantitative estimate of drug-likeness (QED) is 0.537. The van der Waals surface area contributed by atoms with E-state index in [1.807, 2.05) is 42.7 Å². The molecule has 1 aromatic carbocycles. The van der Waals surface area contributed by atoms with Gasteiger partial charge in [0.05, 0.1) is 11.0 Å². The van der Waals surface area contributed by atoms with Crippen molar-refractivity contribution in [3.05, 3.63) is 24.3 Å². The van der Waals surface area contributed by atoms with Crippen molar-refractivity contribution < 1.29 is 14.3 Å². The first-order chi connectivity index (χ1) is 15.0. The fourth-order valence-corrected chi connectivity index (χ4v) is 3.77. The van der Waals surface area contributed by atoms with Crippen LogP contribution in [0.1, 0.15) is 46.5 Å². The third-order valence-electron chi connectivity index (χ3n) is 5.40. The number of rotatable bonds is 11. The van der Waals surface area contributed by atoms with E-state index in [1.54, 1.807) is 4.90 Å². The van der Waals surface area contributed by atoms with Crippen LogP contribution in [0.2, 0.25) is 0 Å². The number of fused-ring (bicyclic) bond motifs is 3. The SMILES string of the molecule is CCCCOCCCNC(=O)C(CC(C)C)NC(=O)N1CCn2c1nc1ccccc12. The number of carbonyl (C=O) groups is 2. The molecule has 1 unspecified atom stereocenters. The first-order valence-corrected chi connectivity index (χ1v) is 11.4. The van der Waals surface area contributed by atoms with Gasteiger partial charge in [0.15, 0.2) is 0 Å². The lowest BCUT2D eigenvalue weighted by Crippen LogP contribution is -2.51. The van der Waals surface area contributed by atoms with Gasteiger partial charge in [-0.05, 0) is 37.3 Å². The van der Waals surface area contributed by atoms with Crippen LogP contribution in [0.3, 0.4) is 0 Å². The number of urea groups is 1. The van der Waals surface area contributed by atoms with Gasteiger partial charge in [-0.3, -0.25) is 9.69 Å². The molecule has 2 aromatic rings. The van der Waals surface area contributed by atoms with Gasteiger partial charge >= 0.3 is 6.03 Å². The molecule has 0 spiro atoms. The minimum atomic E-state index is -0.577. The molecule has 2 heterocycles. The number of benzene rings is 1. The number of anilines is 1. The summed E-state index contributed by atoms with van der Waals surface area (Å²) in [5, 5.41) is 5.88. The minimum absolute atomic E-state index is 0.150. The molecule has 2 N–H and O–H groups in total. The highest BCUT2D eigenvalue weighted by molar-refractivity contribution is 5.96. The summed E-state index contributed by atoms with van der Waals surface area (Å²) in [6.07, 6.45) is 3.50. The Morgan fingerprint density at radius 1 is 1.16 bits per heavy atom. The number of nitrogens with zero attached hydrogens (tertiary/aromatic N) is 3. The molecule has 1 aliphatic heterocycles.